The highest BCUT2D eigenvalue weighted by atomic mass is 127. The highest BCUT2D eigenvalue weighted by molar-refractivity contribution is 14.1. The van der Waals surface area contributed by atoms with Crippen LogP contribution in [0.1, 0.15) is 15.9 Å². The molecule has 0 spiro atoms. The van der Waals surface area contributed by atoms with Crippen LogP contribution < -0.4 is 10.1 Å². The number of hydrogen-bond acceptors (Lipinski definition) is 2. The minimum Gasteiger partial charge on any atom is -0.496 e. The number of halogens is 1. The summed E-state index contributed by atoms with van der Waals surface area (Å²) in [4.78, 5) is 12.3. The lowest BCUT2D eigenvalue weighted by Gasteiger charge is -2.12. The fourth-order valence-corrected chi connectivity index (χ4v) is 2.38. The molecule has 1 N–H and O–H groups in total. The standard InChI is InChI=1S/C15H14INO2/c1-10-6-5-7-11(14(10)19-2)15(18)17-13-9-4-3-8-12(13)16/h3-9H,1-2H3,(H,17,18). The highest BCUT2D eigenvalue weighted by Gasteiger charge is 2.14. The molecule has 0 aliphatic rings. The van der Waals surface area contributed by atoms with Crippen molar-refractivity contribution in [3.8, 4) is 5.75 Å². The zero-order valence-electron chi connectivity index (χ0n) is 10.7. The molecule has 0 aliphatic carbocycles. The molecule has 3 nitrogen and oxygen atoms in total. The van der Waals surface area contributed by atoms with Gasteiger partial charge in [0.05, 0.1) is 18.4 Å². The molecule has 2 rings (SSSR count). The minimum absolute atomic E-state index is 0.162. The predicted molar refractivity (Wildman–Crippen MR) is 84.8 cm³/mol. The maximum Gasteiger partial charge on any atom is 0.259 e. The maximum atomic E-state index is 12.3. The number of nitrogens with one attached hydrogen (secondary N) is 1. The zero-order valence-corrected chi connectivity index (χ0v) is 12.9. The summed E-state index contributed by atoms with van der Waals surface area (Å²) in [6.45, 7) is 1.92. The summed E-state index contributed by atoms with van der Waals surface area (Å²) in [5.74, 6) is 0.454. The van der Waals surface area contributed by atoms with Crippen molar-refractivity contribution in [3.05, 3.63) is 57.2 Å². The van der Waals surface area contributed by atoms with Crippen molar-refractivity contribution in [2.75, 3.05) is 12.4 Å². The van der Waals surface area contributed by atoms with Gasteiger partial charge in [0.1, 0.15) is 5.75 Å². The van der Waals surface area contributed by atoms with Gasteiger partial charge in [-0.05, 0) is 53.3 Å². The van der Waals surface area contributed by atoms with E-state index in [9.17, 15) is 4.79 Å². The summed E-state index contributed by atoms with van der Waals surface area (Å²) >= 11 is 2.19. The van der Waals surface area contributed by atoms with Gasteiger partial charge in [0.25, 0.3) is 5.91 Å². The fourth-order valence-electron chi connectivity index (χ4n) is 1.85. The molecule has 0 heterocycles. The number of methoxy groups -OCH3 is 1. The van der Waals surface area contributed by atoms with Gasteiger partial charge in [-0.2, -0.15) is 0 Å². The highest BCUT2D eigenvalue weighted by Crippen LogP contribution is 2.25. The second-order valence-electron chi connectivity index (χ2n) is 4.09. The molecule has 2 aromatic rings. The summed E-state index contributed by atoms with van der Waals surface area (Å²) in [5, 5.41) is 2.90. The van der Waals surface area contributed by atoms with Crippen molar-refractivity contribution >= 4 is 34.2 Å². The summed E-state index contributed by atoms with van der Waals surface area (Å²) in [5.41, 5.74) is 2.29. The molecule has 0 radical (unpaired) electrons. The van der Waals surface area contributed by atoms with Gasteiger partial charge in [-0.25, -0.2) is 0 Å². The van der Waals surface area contributed by atoms with Gasteiger partial charge in [-0.3, -0.25) is 4.79 Å². The van der Waals surface area contributed by atoms with Gasteiger partial charge < -0.3 is 10.1 Å². The van der Waals surface area contributed by atoms with Crippen LogP contribution in [0.15, 0.2) is 42.5 Å². The van der Waals surface area contributed by atoms with E-state index in [1.807, 2.05) is 43.3 Å². The van der Waals surface area contributed by atoms with Crippen LogP contribution in [0, 0.1) is 10.5 Å². The Bertz CT molecular complexity index is 611. The summed E-state index contributed by atoms with van der Waals surface area (Å²) in [7, 11) is 1.57. The quantitative estimate of drug-likeness (QED) is 0.837. The Labute approximate surface area is 126 Å². The van der Waals surface area contributed by atoms with Gasteiger partial charge >= 0.3 is 0 Å². The first kappa shape index (κ1) is 13.9. The average molecular weight is 367 g/mol. The molecule has 0 aliphatic heterocycles. The van der Waals surface area contributed by atoms with E-state index in [1.165, 1.54) is 0 Å². The molecule has 0 unspecified atom stereocenters. The van der Waals surface area contributed by atoms with Crippen LogP contribution in [0.4, 0.5) is 5.69 Å². The number of amides is 1. The first-order chi connectivity index (χ1) is 9.13. The van der Waals surface area contributed by atoms with Crippen molar-refractivity contribution in [1.29, 1.82) is 0 Å². The zero-order chi connectivity index (χ0) is 13.8. The van der Waals surface area contributed by atoms with Crippen LogP contribution in [0.3, 0.4) is 0 Å². The minimum atomic E-state index is -0.162. The Morgan fingerprint density at radius 2 is 1.89 bits per heavy atom. The van der Waals surface area contributed by atoms with Crippen LogP contribution in [0.2, 0.25) is 0 Å². The molecular weight excluding hydrogens is 353 g/mol. The SMILES string of the molecule is COc1c(C)cccc1C(=O)Nc1ccccc1I. The lowest BCUT2D eigenvalue weighted by atomic mass is 10.1. The van der Waals surface area contributed by atoms with Crippen molar-refractivity contribution in [1.82, 2.24) is 0 Å². The number of rotatable bonds is 3. The molecule has 98 valence electrons. The number of aryl methyl sites for hydroxylation is 1. The largest absolute Gasteiger partial charge is 0.496 e. The molecule has 2 aromatic carbocycles. The van der Waals surface area contributed by atoms with E-state index in [1.54, 1.807) is 13.2 Å². The molecule has 19 heavy (non-hydrogen) atoms. The summed E-state index contributed by atoms with van der Waals surface area (Å²) in [6, 6.07) is 13.2. The number of anilines is 1. The summed E-state index contributed by atoms with van der Waals surface area (Å²) in [6.07, 6.45) is 0. The van der Waals surface area contributed by atoms with Crippen LogP contribution in [0.25, 0.3) is 0 Å². The van der Waals surface area contributed by atoms with E-state index in [0.717, 1.165) is 14.8 Å². The third-order valence-electron chi connectivity index (χ3n) is 2.78. The monoisotopic (exact) mass is 367 g/mol. The molecule has 0 saturated heterocycles. The Morgan fingerprint density at radius 3 is 2.58 bits per heavy atom. The Morgan fingerprint density at radius 1 is 1.16 bits per heavy atom. The molecular formula is C15H14INO2. The van der Waals surface area contributed by atoms with E-state index in [2.05, 4.69) is 27.9 Å². The molecule has 0 aromatic heterocycles. The lowest BCUT2D eigenvalue weighted by molar-refractivity contribution is 0.102. The topological polar surface area (TPSA) is 38.3 Å². The van der Waals surface area contributed by atoms with Crippen LogP contribution in [0.5, 0.6) is 5.75 Å². The van der Waals surface area contributed by atoms with Gasteiger partial charge in [-0.1, -0.05) is 24.3 Å². The third kappa shape index (κ3) is 3.07. The van der Waals surface area contributed by atoms with Crippen molar-refractivity contribution in [2.24, 2.45) is 0 Å². The Hall–Kier alpha value is -1.56. The maximum absolute atomic E-state index is 12.3. The third-order valence-corrected chi connectivity index (χ3v) is 3.72. The number of benzene rings is 2. The van der Waals surface area contributed by atoms with E-state index >= 15 is 0 Å². The molecule has 0 atom stereocenters. The number of hydrogen-bond donors (Lipinski definition) is 1. The second-order valence-corrected chi connectivity index (χ2v) is 5.25. The van der Waals surface area contributed by atoms with Crippen molar-refractivity contribution in [3.63, 3.8) is 0 Å². The average Bonchev–Trinajstić information content (AvgIpc) is 2.41. The van der Waals surface area contributed by atoms with Gasteiger partial charge in [0.2, 0.25) is 0 Å². The number of ether oxygens (including phenoxy) is 1. The van der Waals surface area contributed by atoms with Gasteiger partial charge in [0, 0.05) is 3.57 Å². The fraction of sp³-hybridized carbons (Fsp3) is 0.133. The molecule has 4 heteroatoms. The molecule has 0 bridgehead atoms. The van der Waals surface area contributed by atoms with E-state index in [0.29, 0.717) is 11.3 Å². The first-order valence-electron chi connectivity index (χ1n) is 5.83. The van der Waals surface area contributed by atoms with Crippen molar-refractivity contribution < 1.29 is 9.53 Å². The second kappa shape index (κ2) is 6.06. The van der Waals surface area contributed by atoms with Crippen LogP contribution in [-0.2, 0) is 0 Å². The van der Waals surface area contributed by atoms with E-state index < -0.39 is 0 Å². The predicted octanol–water partition coefficient (Wildman–Crippen LogP) is 3.86. The number of carbonyl (C=O) groups excluding carboxylic acids is 1. The number of para-hydroxylation sites is 2. The van der Waals surface area contributed by atoms with Gasteiger partial charge in [-0.15, -0.1) is 0 Å². The van der Waals surface area contributed by atoms with Crippen molar-refractivity contribution in [2.45, 2.75) is 6.92 Å². The summed E-state index contributed by atoms with van der Waals surface area (Å²) < 4.78 is 6.30. The van der Waals surface area contributed by atoms with Crippen LogP contribution in [-0.4, -0.2) is 13.0 Å². The normalized spacial score (nSPS) is 10.1. The van der Waals surface area contributed by atoms with Crippen LogP contribution >= 0.6 is 22.6 Å². The molecule has 0 fully saturated rings. The first-order valence-corrected chi connectivity index (χ1v) is 6.91. The smallest absolute Gasteiger partial charge is 0.259 e. The van der Waals surface area contributed by atoms with E-state index in [-0.39, 0.29) is 5.91 Å². The van der Waals surface area contributed by atoms with E-state index in [4.69, 9.17) is 4.74 Å². The molecule has 1 amide bonds. The number of carbonyl (C=O) groups is 1. The Kier molecular flexibility index (Phi) is 4.42. The lowest BCUT2D eigenvalue weighted by Crippen LogP contribution is -2.14. The molecule has 0 saturated carbocycles. The van der Waals surface area contributed by atoms with Gasteiger partial charge in [0.15, 0.2) is 0 Å². The Balaban J connectivity index is 2.31.